The molecule has 1 aromatic heterocycles. The van der Waals surface area contributed by atoms with Crippen molar-refractivity contribution in [1.82, 2.24) is 4.98 Å². The normalized spacial score (nSPS) is 11.5. The van der Waals surface area contributed by atoms with E-state index in [1.54, 1.807) is 18.2 Å². The van der Waals surface area contributed by atoms with Crippen LogP contribution in [0.15, 0.2) is 46.9 Å². The second-order valence-corrected chi connectivity index (χ2v) is 7.13. The smallest absolute Gasteiger partial charge is 0.276 e. The molecule has 0 atom stereocenters. The Morgan fingerprint density at radius 2 is 1.96 bits per heavy atom. The van der Waals surface area contributed by atoms with Gasteiger partial charge < -0.3 is 14.5 Å². The summed E-state index contributed by atoms with van der Waals surface area (Å²) in [6.45, 7) is 0. The highest BCUT2D eigenvalue weighted by atomic mass is 35.6. The number of fused-ring (bicyclic) bond motifs is 1. The van der Waals surface area contributed by atoms with Gasteiger partial charge in [0.25, 0.3) is 9.70 Å². The van der Waals surface area contributed by atoms with Gasteiger partial charge in [-0.15, -0.1) is 0 Å². The Morgan fingerprint density at radius 3 is 2.62 bits per heavy atom. The van der Waals surface area contributed by atoms with Crippen LogP contribution in [-0.2, 0) is 4.79 Å². The number of carbonyl (C=O) groups excluding carboxylic acids is 1. The van der Waals surface area contributed by atoms with E-state index in [9.17, 15) is 4.79 Å². The summed E-state index contributed by atoms with van der Waals surface area (Å²) in [5.74, 6) is 0.0289. The van der Waals surface area contributed by atoms with Crippen molar-refractivity contribution in [3.8, 4) is 17.2 Å². The van der Waals surface area contributed by atoms with Crippen molar-refractivity contribution in [2.45, 2.75) is 3.79 Å². The predicted molar refractivity (Wildman–Crippen MR) is 94.9 cm³/mol. The number of aromatic nitrogens is 1. The Hall–Kier alpha value is -1.95. The average molecular weight is 386 g/mol. The Labute approximate surface area is 152 Å². The lowest BCUT2D eigenvalue weighted by Gasteiger charge is -2.14. The molecule has 8 heteroatoms. The van der Waals surface area contributed by atoms with E-state index in [0.29, 0.717) is 28.5 Å². The number of para-hydroxylation sites is 2. The third-order valence-electron chi connectivity index (χ3n) is 3.25. The molecule has 0 aliphatic heterocycles. The standard InChI is InChI=1S/C16H11Cl3N2O3/c1-23-12-7-6-9(8-11(12)21-15(22)16(17,18)19)14-20-10-4-2-3-5-13(10)24-14/h2-8H,1H3,(H,21,22). The minimum absolute atomic E-state index is 0.341. The molecule has 1 N–H and O–H groups in total. The maximum Gasteiger partial charge on any atom is 0.276 e. The van der Waals surface area contributed by atoms with Crippen molar-refractivity contribution < 1.29 is 13.9 Å². The molecule has 3 aromatic rings. The van der Waals surface area contributed by atoms with Gasteiger partial charge in [-0.2, -0.15) is 0 Å². The summed E-state index contributed by atoms with van der Waals surface area (Å²) in [7, 11) is 1.47. The zero-order valence-electron chi connectivity index (χ0n) is 12.3. The summed E-state index contributed by atoms with van der Waals surface area (Å²) in [6, 6.07) is 12.5. The number of amides is 1. The zero-order chi connectivity index (χ0) is 17.3. The first-order chi connectivity index (χ1) is 11.4. The number of benzene rings is 2. The number of carbonyl (C=O) groups is 1. The van der Waals surface area contributed by atoms with Crippen molar-refractivity contribution >= 4 is 57.5 Å². The molecule has 2 aromatic carbocycles. The number of rotatable bonds is 3. The van der Waals surface area contributed by atoms with Gasteiger partial charge in [0.05, 0.1) is 12.8 Å². The van der Waals surface area contributed by atoms with Crippen LogP contribution in [0.2, 0.25) is 0 Å². The summed E-state index contributed by atoms with van der Waals surface area (Å²) in [4.78, 5) is 16.3. The molecule has 0 bridgehead atoms. The molecule has 0 radical (unpaired) electrons. The van der Waals surface area contributed by atoms with Gasteiger partial charge in [-0.1, -0.05) is 46.9 Å². The highest BCUT2D eigenvalue weighted by molar-refractivity contribution is 6.76. The number of anilines is 1. The number of ether oxygens (including phenoxy) is 1. The van der Waals surface area contributed by atoms with Crippen molar-refractivity contribution in [2.75, 3.05) is 12.4 Å². The van der Waals surface area contributed by atoms with Gasteiger partial charge in [0, 0.05) is 5.56 Å². The third-order valence-corrected chi connectivity index (χ3v) is 3.76. The molecule has 0 aliphatic rings. The molecule has 5 nitrogen and oxygen atoms in total. The van der Waals surface area contributed by atoms with Gasteiger partial charge in [-0.05, 0) is 30.3 Å². The zero-order valence-corrected chi connectivity index (χ0v) is 14.6. The fourth-order valence-corrected chi connectivity index (χ4v) is 2.27. The van der Waals surface area contributed by atoms with E-state index in [2.05, 4.69) is 10.3 Å². The number of alkyl halides is 3. The monoisotopic (exact) mass is 384 g/mol. The molecule has 3 rings (SSSR count). The fourth-order valence-electron chi connectivity index (χ4n) is 2.13. The third kappa shape index (κ3) is 3.43. The Morgan fingerprint density at radius 1 is 1.21 bits per heavy atom. The Balaban J connectivity index is 2.00. The molecule has 0 spiro atoms. The number of nitrogens with one attached hydrogen (secondary N) is 1. The first-order valence-electron chi connectivity index (χ1n) is 6.80. The van der Waals surface area contributed by atoms with Crippen LogP contribution >= 0.6 is 34.8 Å². The molecule has 0 saturated heterocycles. The van der Waals surface area contributed by atoms with Crippen LogP contribution < -0.4 is 10.1 Å². The van der Waals surface area contributed by atoms with Crippen LogP contribution in [-0.4, -0.2) is 21.8 Å². The lowest BCUT2D eigenvalue weighted by molar-refractivity contribution is -0.115. The van der Waals surface area contributed by atoms with Crippen molar-refractivity contribution in [3.05, 3.63) is 42.5 Å². The topological polar surface area (TPSA) is 64.4 Å². The summed E-state index contributed by atoms with van der Waals surface area (Å²) in [5.41, 5.74) is 2.38. The molecule has 1 amide bonds. The van der Waals surface area contributed by atoms with Gasteiger partial charge in [0.15, 0.2) is 5.58 Å². The molecule has 1 heterocycles. The maximum absolute atomic E-state index is 11.9. The van der Waals surface area contributed by atoms with Crippen LogP contribution in [0, 0.1) is 0 Å². The lowest BCUT2D eigenvalue weighted by atomic mass is 10.2. The van der Waals surface area contributed by atoms with E-state index in [1.165, 1.54) is 7.11 Å². The first-order valence-corrected chi connectivity index (χ1v) is 7.94. The minimum atomic E-state index is -2.08. The summed E-state index contributed by atoms with van der Waals surface area (Å²) < 4.78 is 8.84. The highest BCUT2D eigenvalue weighted by Crippen LogP contribution is 2.34. The van der Waals surface area contributed by atoms with Gasteiger partial charge in [-0.3, -0.25) is 4.79 Å². The highest BCUT2D eigenvalue weighted by Gasteiger charge is 2.31. The lowest BCUT2D eigenvalue weighted by Crippen LogP contribution is -2.27. The molecule has 24 heavy (non-hydrogen) atoms. The number of hydrogen-bond acceptors (Lipinski definition) is 4. The van der Waals surface area contributed by atoms with Crippen LogP contribution in [0.1, 0.15) is 0 Å². The van der Waals surface area contributed by atoms with E-state index in [1.807, 2.05) is 24.3 Å². The molecular formula is C16H11Cl3N2O3. The van der Waals surface area contributed by atoms with E-state index in [0.717, 1.165) is 5.52 Å². The Kier molecular flexibility index (Phi) is 4.58. The van der Waals surface area contributed by atoms with Crippen LogP contribution in [0.3, 0.4) is 0 Å². The quantitative estimate of drug-likeness (QED) is 0.657. The molecule has 0 saturated carbocycles. The van der Waals surface area contributed by atoms with Crippen molar-refractivity contribution in [3.63, 3.8) is 0 Å². The summed E-state index contributed by atoms with van der Waals surface area (Å²) in [6.07, 6.45) is 0. The van der Waals surface area contributed by atoms with Gasteiger partial charge in [-0.25, -0.2) is 4.98 Å². The number of methoxy groups -OCH3 is 1. The van der Waals surface area contributed by atoms with Crippen LogP contribution in [0.25, 0.3) is 22.6 Å². The fraction of sp³-hybridized carbons (Fsp3) is 0.125. The molecular weight excluding hydrogens is 375 g/mol. The van der Waals surface area contributed by atoms with Gasteiger partial charge in [0.2, 0.25) is 5.89 Å². The number of nitrogens with zero attached hydrogens (tertiary/aromatic N) is 1. The van der Waals surface area contributed by atoms with Crippen molar-refractivity contribution in [1.29, 1.82) is 0 Å². The summed E-state index contributed by atoms with van der Waals surface area (Å²) in [5, 5.41) is 2.52. The molecule has 0 fully saturated rings. The average Bonchev–Trinajstić information content (AvgIpc) is 2.98. The van der Waals surface area contributed by atoms with Crippen LogP contribution in [0.4, 0.5) is 5.69 Å². The van der Waals surface area contributed by atoms with Crippen molar-refractivity contribution in [2.24, 2.45) is 0 Å². The number of halogens is 3. The second kappa shape index (κ2) is 6.51. The largest absolute Gasteiger partial charge is 0.495 e. The Bertz CT molecular complexity index is 870. The van der Waals surface area contributed by atoms with Crippen LogP contribution in [0.5, 0.6) is 5.75 Å². The van der Waals surface area contributed by atoms with E-state index < -0.39 is 9.70 Å². The number of hydrogen-bond donors (Lipinski definition) is 1. The maximum atomic E-state index is 11.9. The van der Waals surface area contributed by atoms with E-state index in [-0.39, 0.29) is 0 Å². The minimum Gasteiger partial charge on any atom is -0.495 e. The molecule has 124 valence electrons. The van der Waals surface area contributed by atoms with E-state index >= 15 is 0 Å². The first kappa shape index (κ1) is 16.9. The van der Waals surface area contributed by atoms with Gasteiger partial charge >= 0.3 is 0 Å². The summed E-state index contributed by atoms with van der Waals surface area (Å²) >= 11 is 16.8. The SMILES string of the molecule is COc1ccc(-c2nc3ccccc3o2)cc1NC(=O)C(Cl)(Cl)Cl. The number of oxazole rings is 1. The molecule has 0 unspecified atom stereocenters. The second-order valence-electron chi connectivity index (χ2n) is 4.85. The predicted octanol–water partition coefficient (Wildman–Crippen LogP) is 4.81. The molecule has 0 aliphatic carbocycles. The van der Waals surface area contributed by atoms with Gasteiger partial charge in [0.1, 0.15) is 11.3 Å². The van der Waals surface area contributed by atoms with E-state index in [4.69, 9.17) is 44.0 Å².